The van der Waals surface area contributed by atoms with E-state index in [1.165, 1.54) is 14.2 Å². The van der Waals surface area contributed by atoms with E-state index in [1.807, 2.05) is 0 Å². The molecule has 0 spiro atoms. The molecule has 4 nitrogen and oxygen atoms in total. The molecule has 1 aromatic carbocycles. The van der Waals surface area contributed by atoms with Crippen molar-refractivity contribution in [1.29, 1.82) is 0 Å². The third-order valence-corrected chi connectivity index (χ3v) is 2.14. The minimum atomic E-state index is 0.333. The van der Waals surface area contributed by atoms with E-state index >= 15 is 0 Å². The minimum absolute atomic E-state index is 0.333. The summed E-state index contributed by atoms with van der Waals surface area (Å²) in [6.45, 7) is 0. The van der Waals surface area contributed by atoms with Gasteiger partial charge in [-0.2, -0.15) is 0 Å². The standard InChI is InChI=1S/C8H9BrNO3/c1-12-8-6(9)4-3-5-7(8)10(11)13-2/h3-5H,1-2H3/q+1. The average Bonchev–Trinajstić information content (AvgIpc) is 2.16. The van der Waals surface area contributed by atoms with Gasteiger partial charge in [-0.1, -0.05) is 6.07 Å². The van der Waals surface area contributed by atoms with E-state index in [1.54, 1.807) is 18.2 Å². The van der Waals surface area contributed by atoms with E-state index in [4.69, 9.17) is 4.74 Å². The second-order valence-corrected chi connectivity index (χ2v) is 3.09. The van der Waals surface area contributed by atoms with Gasteiger partial charge in [0.1, 0.15) is 0 Å². The summed E-state index contributed by atoms with van der Waals surface area (Å²) in [5, 5.41) is 0. The summed E-state index contributed by atoms with van der Waals surface area (Å²) < 4.78 is 5.74. The molecule has 0 amide bonds. The normalized spacial score (nSPS) is 9.46. The molecule has 0 bridgehead atoms. The third-order valence-electron chi connectivity index (χ3n) is 1.51. The van der Waals surface area contributed by atoms with Crippen LogP contribution in [0.1, 0.15) is 0 Å². The molecule has 70 valence electrons. The number of rotatable bonds is 3. The lowest BCUT2D eigenvalue weighted by atomic mass is 10.3. The highest BCUT2D eigenvalue weighted by Gasteiger charge is 2.23. The molecule has 13 heavy (non-hydrogen) atoms. The third kappa shape index (κ3) is 1.98. The first-order valence-corrected chi connectivity index (χ1v) is 4.34. The van der Waals surface area contributed by atoms with Crippen LogP contribution in [0, 0.1) is 4.91 Å². The van der Waals surface area contributed by atoms with Crippen LogP contribution in [0.2, 0.25) is 0 Å². The van der Waals surface area contributed by atoms with Crippen LogP contribution in [0.3, 0.4) is 0 Å². The Hall–Kier alpha value is -1.10. The van der Waals surface area contributed by atoms with Crippen LogP contribution in [-0.2, 0) is 4.84 Å². The number of methoxy groups -OCH3 is 1. The van der Waals surface area contributed by atoms with Gasteiger partial charge in [0.25, 0.3) is 4.92 Å². The molecule has 0 saturated carbocycles. The van der Waals surface area contributed by atoms with Crippen molar-refractivity contribution in [2.75, 3.05) is 14.2 Å². The highest BCUT2D eigenvalue weighted by molar-refractivity contribution is 9.10. The molecular formula is C8H9BrNO3+. The van der Waals surface area contributed by atoms with Crippen molar-refractivity contribution in [3.8, 4) is 5.75 Å². The smallest absolute Gasteiger partial charge is 0.359 e. The molecule has 1 rings (SSSR count). The summed E-state index contributed by atoms with van der Waals surface area (Å²) in [5.41, 5.74) is 0.333. The van der Waals surface area contributed by atoms with Gasteiger partial charge in [0, 0.05) is 6.07 Å². The predicted molar refractivity (Wildman–Crippen MR) is 51.0 cm³/mol. The van der Waals surface area contributed by atoms with Gasteiger partial charge < -0.3 is 4.74 Å². The lowest BCUT2D eigenvalue weighted by molar-refractivity contribution is -0.736. The van der Waals surface area contributed by atoms with Crippen LogP contribution in [0.5, 0.6) is 5.75 Å². The molecular weight excluding hydrogens is 238 g/mol. The van der Waals surface area contributed by atoms with E-state index in [0.29, 0.717) is 20.8 Å². The first-order valence-electron chi connectivity index (χ1n) is 3.54. The molecule has 0 heterocycles. The van der Waals surface area contributed by atoms with Gasteiger partial charge in [0.15, 0.2) is 7.11 Å². The van der Waals surface area contributed by atoms with Crippen LogP contribution >= 0.6 is 15.9 Å². The number of para-hydroxylation sites is 1. The Labute approximate surface area is 84.1 Å². The molecule has 0 aromatic heterocycles. The molecule has 0 aliphatic rings. The number of ether oxygens (including phenoxy) is 1. The fraction of sp³-hybridized carbons (Fsp3) is 0.250. The number of halogens is 1. The van der Waals surface area contributed by atoms with Crippen LogP contribution < -0.4 is 4.74 Å². The fourth-order valence-electron chi connectivity index (χ4n) is 0.942. The van der Waals surface area contributed by atoms with Crippen LogP contribution in [0.25, 0.3) is 0 Å². The SMILES string of the molecule is COc1c(Br)cccc1[N+](=O)OC. The maximum Gasteiger partial charge on any atom is 0.359 e. The summed E-state index contributed by atoms with van der Waals surface area (Å²) >= 11 is 3.26. The van der Waals surface area contributed by atoms with Crippen LogP contribution in [0.15, 0.2) is 22.7 Å². The first-order chi connectivity index (χ1) is 6.20. The molecule has 0 radical (unpaired) electrons. The zero-order valence-corrected chi connectivity index (χ0v) is 8.87. The molecule has 0 fully saturated rings. The zero-order valence-electron chi connectivity index (χ0n) is 7.28. The van der Waals surface area contributed by atoms with Crippen LogP contribution in [-0.4, -0.2) is 19.1 Å². The number of hydrogen-bond acceptors (Lipinski definition) is 3. The van der Waals surface area contributed by atoms with E-state index < -0.39 is 0 Å². The zero-order chi connectivity index (χ0) is 9.84. The van der Waals surface area contributed by atoms with Crippen molar-refractivity contribution in [2.45, 2.75) is 0 Å². The summed E-state index contributed by atoms with van der Waals surface area (Å²) in [4.78, 5) is 16.0. The van der Waals surface area contributed by atoms with Crippen molar-refractivity contribution in [3.05, 3.63) is 27.6 Å². The highest BCUT2D eigenvalue weighted by Crippen LogP contribution is 2.34. The molecule has 5 heteroatoms. The largest absolute Gasteiger partial charge is 0.489 e. The van der Waals surface area contributed by atoms with Gasteiger partial charge in [0.2, 0.25) is 5.75 Å². The molecule has 0 saturated heterocycles. The van der Waals surface area contributed by atoms with Gasteiger partial charge in [-0.15, -0.1) is 0 Å². The fourth-order valence-corrected chi connectivity index (χ4v) is 1.46. The van der Waals surface area contributed by atoms with Crippen molar-refractivity contribution in [2.24, 2.45) is 0 Å². The summed E-state index contributed by atoms with van der Waals surface area (Å²) in [7, 11) is 2.79. The summed E-state index contributed by atoms with van der Waals surface area (Å²) in [6, 6.07) is 5.12. The molecule has 0 aliphatic heterocycles. The lowest BCUT2D eigenvalue weighted by Crippen LogP contribution is -2.00. The maximum atomic E-state index is 11.1. The van der Waals surface area contributed by atoms with Gasteiger partial charge in [-0.3, -0.25) is 0 Å². The Morgan fingerprint density at radius 2 is 2.08 bits per heavy atom. The molecule has 0 N–H and O–H groups in total. The molecule has 0 unspecified atom stereocenters. The number of benzene rings is 1. The Morgan fingerprint density at radius 1 is 1.38 bits per heavy atom. The Bertz CT molecular complexity index is 327. The van der Waals surface area contributed by atoms with Gasteiger partial charge in [-0.25, -0.2) is 4.84 Å². The quantitative estimate of drug-likeness (QED) is 0.770. The summed E-state index contributed by atoms with van der Waals surface area (Å²) in [6.07, 6.45) is 0. The van der Waals surface area contributed by atoms with Gasteiger partial charge in [-0.05, 0) is 22.0 Å². The minimum Gasteiger partial charge on any atom is -0.489 e. The second-order valence-electron chi connectivity index (χ2n) is 2.23. The predicted octanol–water partition coefficient (Wildman–Crippen LogP) is 2.43. The van der Waals surface area contributed by atoms with E-state index in [9.17, 15) is 4.91 Å². The van der Waals surface area contributed by atoms with Crippen molar-refractivity contribution in [3.63, 3.8) is 0 Å². The Balaban J connectivity index is 3.20. The first kappa shape index (κ1) is 9.98. The Kier molecular flexibility index (Phi) is 3.25. The maximum absolute atomic E-state index is 11.1. The Morgan fingerprint density at radius 3 is 2.62 bits per heavy atom. The summed E-state index contributed by atoms with van der Waals surface area (Å²) in [5.74, 6) is 0.458. The molecule has 1 aromatic rings. The van der Waals surface area contributed by atoms with E-state index in [-0.39, 0.29) is 0 Å². The van der Waals surface area contributed by atoms with Gasteiger partial charge >= 0.3 is 5.69 Å². The lowest BCUT2D eigenvalue weighted by Gasteiger charge is -2.00. The van der Waals surface area contributed by atoms with Crippen molar-refractivity contribution >= 4 is 21.6 Å². The van der Waals surface area contributed by atoms with E-state index in [2.05, 4.69) is 20.8 Å². The number of nitrogens with zero attached hydrogens (tertiary/aromatic N) is 1. The second kappa shape index (κ2) is 4.23. The molecule has 0 aliphatic carbocycles. The van der Waals surface area contributed by atoms with Crippen LogP contribution in [0.4, 0.5) is 5.69 Å². The van der Waals surface area contributed by atoms with Crippen molar-refractivity contribution in [1.82, 2.24) is 0 Å². The van der Waals surface area contributed by atoms with Crippen molar-refractivity contribution < 1.29 is 14.5 Å². The highest BCUT2D eigenvalue weighted by atomic mass is 79.9. The number of hydrogen-bond donors (Lipinski definition) is 0. The van der Waals surface area contributed by atoms with Gasteiger partial charge in [0.05, 0.1) is 16.5 Å². The monoisotopic (exact) mass is 246 g/mol. The topological polar surface area (TPSA) is 38.5 Å². The van der Waals surface area contributed by atoms with E-state index in [0.717, 1.165) is 0 Å². The average molecular weight is 247 g/mol. The molecule has 0 atom stereocenters.